The van der Waals surface area contributed by atoms with E-state index in [1.807, 2.05) is 27.7 Å². The summed E-state index contributed by atoms with van der Waals surface area (Å²) in [6.45, 7) is 7.69. The molecule has 0 aliphatic rings. The van der Waals surface area contributed by atoms with E-state index in [1.165, 1.54) is 0 Å². The fourth-order valence-electron chi connectivity index (χ4n) is 0.319. The van der Waals surface area contributed by atoms with E-state index in [-0.39, 0.29) is 0 Å². The molecule has 0 atom stereocenters. The molecule has 1 rings (SSSR count). The Kier molecular flexibility index (Phi) is 4.28. The predicted octanol–water partition coefficient (Wildman–Crippen LogP) is 0.910. The van der Waals surface area contributed by atoms with Gasteiger partial charge in [-0.2, -0.15) is 0 Å². The predicted molar refractivity (Wildman–Crippen MR) is 38.4 cm³/mol. The first-order valence-electron chi connectivity index (χ1n) is 3.30. The molecule has 0 aliphatic carbocycles. The van der Waals surface area contributed by atoms with Crippen LogP contribution in [0.15, 0.2) is 0 Å². The largest absolute Gasteiger partial charge is 0.132 e. The summed E-state index contributed by atoms with van der Waals surface area (Å²) >= 11 is 0. The topological polar surface area (TPSA) is 51.6 Å². The molecule has 0 spiro atoms. The minimum Gasteiger partial charge on any atom is -0.132 e. The fourth-order valence-corrected chi connectivity index (χ4v) is 0.319. The quantitative estimate of drug-likeness (QED) is 0.537. The third-order valence-electron chi connectivity index (χ3n) is 0.953. The highest BCUT2D eigenvalue weighted by atomic mass is 15.4. The first kappa shape index (κ1) is 8.94. The summed E-state index contributed by atoms with van der Waals surface area (Å²) in [6, 6.07) is 0. The van der Waals surface area contributed by atoms with Gasteiger partial charge in [0.15, 0.2) is 0 Å². The molecular weight excluding hydrogens is 128 g/mol. The third-order valence-corrected chi connectivity index (χ3v) is 0.953. The molecule has 56 valence electrons. The van der Waals surface area contributed by atoms with E-state index in [4.69, 9.17) is 0 Å². The van der Waals surface area contributed by atoms with Crippen molar-refractivity contribution in [3.63, 3.8) is 0 Å². The zero-order chi connectivity index (χ0) is 7.98. The number of aromatic nitrogens is 4. The van der Waals surface area contributed by atoms with Gasteiger partial charge in [0.05, 0.1) is 11.4 Å². The summed E-state index contributed by atoms with van der Waals surface area (Å²) < 4.78 is 0. The molecule has 0 aliphatic heterocycles. The van der Waals surface area contributed by atoms with E-state index in [1.54, 1.807) is 0 Å². The van der Waals surface area contributed by atoms with Crippen molar-refractivity contribution < 1.29 is 0 Å². The zero-order valence-corrected chi connectivity index (χ0v) is 6.79. The average Bonchev–Trinajstić information content (AvgIpc) is 2.00. The molecule has 0 fully saturated rings. The molecule has 10 heavy (non-hydrogen) atoms. The minimum absolute atomic E-state index is 0.833. The SMILES string of the molecule is CC.Cc1nnnnc1C. The van der Waals surface area contributed by atoms with Gasteiger partial charge in [-0.1, -0.05) is 13.8 Å². The van der Waals surface area contributed by atoms with E-state index in [2.05, 4.69) is 20.6 Å². The van der Waals surface area contributed by atoms with Gasteiger partial charge in [0.1, 0.15) is 0 Å². The number of rotatable bonds is 0. The summed E-state index contributed by atoms with van der Waals surface area (Å²) in [5.41, 5.74) is 1.67. The number of nitrogens with zero attached hydrogens (tertiary/aromatic N) is 4. The molecule has 0 radical (unpaired) electrons. The lowest BCUT2D eigenvalue weighted by Crippen LogP contribution is -1.97. The van der Waals surface area contributed by atoms with Crippen molar-refractivity contribution in [2.45, 2.75) is 27.7 Å². The Bertz CT molecular complexity index is 166. The highest BCUT2D eigenvalue weighted by molar-refractivity contribution is 5.00. The Morgan fingerprint density at radius 3 is 1.30 bits per heavy atom. The van der Waals surface area contributed by atoms with Crippen molar-refractivity contribution >= 4 is 0 Å². The van der Waals surface area contributed by atoms with Gasteiger partial charge in [0.2, 0.25) is 0 Å². The molecule has 4 heteroatoms. The molecule has 0 N–H and O–H groups in total. The van der Waals surface area contributed by atoms with Crippen molar-refractivity contribution in [2.24, 2.45) is 0 Å². The second-order valence-corrected chi connectivity index (χ2v) is 1.55. The van der Waals surface area contributed by atoms with Crippen LogP contribution in [0.4, 0.5) is 0 Å². The molecule has 1 heterocycles. The van der Waals surface area contributed by atoms with Gasteiger partial charge < -0.3 is 0 Å². The summed E-state index contributed by atoms with van der Waals surface area (Å²) in [7, 11) is 0. The Morgan fingerprint density at radius 2 is 1.10 bits per heavy atom. The molecule has 0 unspecified atom stereocenters. The second-order valence-electron chi connectivity index (χ2n) is 1.55. The van der Waals surface area contributed by atoms with Crippen molar-refractivity contribution in [2.75, 3.05) is 0 Å². The van der Waals surface area contributed by atoms with Crippen LogP contribution in [-0.4, -0.2) is 20.6 Å². The van der Waals surface area contributed by atoms with Gasteiger partial charge >= 0.3 is 0 Å². The Labute approximate surface area is 60.7 Å². The molecule has 1 aromatic heterocycles. The molecule has 0 bridgehead atoms. The van der Waals surface area contributed by atoms with Crippen LogP contribution in [0.1, 0.15) is 25.2 Å². The van der Waals surface area contributed by atoms with Crippen molar-refractivity contribution in [1.29, 1.82) is 0 Å². The molecule has 0 saturated carbocycles. The first-order chi connectivity index (χ1) is 4.80. The van der Waals surface area contributed by atoms with Crippen LogP contribution >= 0.6 is 0 Å². The van der Waals surface area contributed by atoms with Gasteiger partial charge in [-0.05, 0) is 24.3 Å². The van der Waals surface area contributed by atoms with Gasteiger partial charge in [-0.25, -0.2) is 0 Å². The normalized spacial score (nSPS) is 8.00. The maximum Gasteiger partial charge on any atom is 0.0849 e. The number of aryl methyl sites for hydroxylation is 2. The molecule has 4 nitrogen and oxygen atoms in total. The van der Waals surface area contributed by atoms with Gasteiger partial charge in [0.25, 0.3) is 0 Å². The van der Waals surface area contributed by atoms with Crippen LogP contribution in [0, 0.1) is 13.8 Å². The highest BCUT2D eigenvalue weighted by Gasteiger charge is 1.90. The third kappa shape index (κ3) is 2.48. The van der Waals surface area contributed by atoms with E-state index >= 15 is 0 Å². The maximum absolute atomic E-state index is 3.66. The Morgan fingerprint density at radius 1 is 0.800 bits per heavy atom. The monoisotopic (exact) mass is 140 g/mol. The van der Waals surface area contributed by atoms with Crippen molar-refractivity contribution in [3.05, 3.63) is 11.4 Å². The molecule has 0 aromatic carbocycles. The van der Waals surface area contributed by atoms with E-state index in [0.29, 0.717) is 0 Å². The van der Waals surface area contributed by atoms with Crippen LogP contribution in [0.3, 0.4) is 0 Å². The molecule has 0 saturated heterocycles. The van der Waals surface area contributed by atoms with Crippen LogP contribution in [0.2, 0.25) is 0 Å². The summed E-state index contributed by atoms with van der Waals surface area (Å²) in [4.78, 5) is 0. The van der Waals surface area contributed by atoms with Crippen LogP contribution in [0.5, 0.6) is 0 Å². The standard InChI is InChI=1S/C4H6N4.C2H6/c1-3-4(2)6-8-7-5-3;1-2/h1-2H3;1-2H3. The summed E-state index contributed by atoms with van der Waals surface area (Å²) in [5.74, 6) is 0. The fraction of sp³-hybridized carbons (Fsp3) is 0.667. The maximum atomic E-state index is 3.66. The van der Waals surface area contributed by atoms with Crippen LogP contribution in [0.25, 0.3) is 0 Å². The average molecular weight is 140 g/mol. The molecule has 1 aromatic rings. The lowest BCUT2D eigenvalue weighted by atomic mass is 10.4. The lowest BCUT2D eigenvalue weighted by Gasteiger charge is -1.87. The summed E-state index contributed by atoms with van der Waals surface area (Å²) in [6.07, 6.45) is 0. The smallest absolute Gasteiger partial charge is 0.0849 e. The highest BCUT2D eigenvalue weighted by Crippen LogP contribution is 1.89. The Balaban J connectivity index is 0.000000371. The number of hydrogen-bond donors (Lipinski definition) is 0. The van der Waals surface area contributed by atoms with Gasteiger partial charge in [0, 0.05) is 0 Å². The van der Waals surface area contributed by atoms with Crippen LogP contribution < -0.4 is 0 Å². The molecular formula is C6H12N4. The minimum atomic E-state index is 0.833. The second kappa shape index (κ2) is 4.78. The van der Waals surface area contributed by atoms with Crippen molar-refractivity contribution in [3.8, 4) is 0 Å². The first-order valence-corrected chi connectivity index (χ1v) is 3.30. The van der Waals surface area contributed by atoms with E-state index in [9.17, 15) is 0 Å². The van der Waals surface area contributed by atoms with Gasteiger partial charge in [-0.3, -0.25) is 0 Å². The Hall–Kier alpha value is -1.06. The van der Waals surface area contributed by atoms with E-state index in [0.717, 1.165) is 11.4 Å². The molecule has 0 amide bonds. The zero-order valence-electron chi connectivity index (χ0n) is 6.79. The summed E-state index contributed by atoms with van der Waals surface area (Å²) in [5, 5.41) is 14.0. The number of hydrogen-bond acceptors (Lipinski definition) is 4. The lowest BCUT2D eigenvalue weighted by molar-refractivity contribution is 0.722. The van der Waals surface area contributed by atoms with Crippen molar-refractivity contribution in [1.82, 2.24) is 20.6 Å². The van der Waals surface area contributed by atoms with Crippen LogP contribution in [-0.2, 0) is 0 Å². The van der Waals surface area contributed by atoms with Gasteiger partial charge in [-0.15, -0.1) is 10.2 Å². The van der Waals surface area contributed by atoms with E-state index < -0.39 is 0 Å².